The zero-order valence-electron chi connectivity index (χ0n) is 9.28. The summed E-state index contributed by atoms with van der Waals surface area (Å²) in [5.41, 5.74) is 6.86. The highest BCUT2D eigenvalue weighted by Gasteiger charge is 2.30. The highest BCUT2D eigenvalue weighted by Crippen LogP contribution is 2.30. The lowest BCUT2D eigenvalue weighted by Gasteiger charge is -2.37. The summed E-state index contributed by atoms with van der Waals surface area (Å²) >= 11 is 1.98. The maximum Gasteiger partial charge on any atom is 0.117 e. The van der Waals surface area contributed by atoms with E-state index in [2.05, 4.69) is 5.32 Å². The molecule has 3 nitrogen and oxygen atoms in total. The Balaban J connectivity index is 2.11. The van der Waals surface area contributed by atoms with E-state index in [9.17, 15) is 5.11 Å². The van der Waals surface area contributed by atoms with Crippen LogP contribution in [0.4, 0.5) is 5.69 Å². The fourth-order valence-corrected chi connectivity index (χ4v) is 3.31. The summed E-state index contributed by atoms with van der Waals surface area (Å²) in [7, 11) is 0. The predicted molar refractivity (Wildman–Crippen MR) is 70.1 cm³/mol. The van der Waals surface area contributed by atoms with Gasteiger partial charge < -0.3 is 16.2 Å². The quantitative estimate of drug-likeness (QED) is 0.754. The summed E-state index contributed by atoms with van der Waals surface area (Å²) in [6.45, 7) is 0.642. The molecule has 0 unspecified atom stereocenters. The van der Waals surface area contributed by atoms with E-state index in [1.54, 1.807) is 12.1 Å². The highest BCUT2D eigenvalue weighted by molar-refractivity contribution is 7.99. The van der Waals surface area contributed by atoms with Gasteiger partial charge in [0.05, 0.1) is 5.54 Å². The van der Waals surface area contributed by atoms with Gasteiger partial charge in [0.15, 0.2) is 0 Å². The maximum atomic E-state index is 9.42. The summed E-state index contributed by atoms with van der Waals surface area (Å²) in [6, 6.07) is 7.24. The number of nitrogens with two attached hydrogens (primary N) is 1. The Morgan fingerprint density at radius 1 is 1.38 bits per heavy atom. The zero-order chi connectivity index (χ0) is 11.4. The van der Waals surface area contributed by atoms with Gasteiger partial charge in [-0.15, -0.1) is 0 Å². The normalized spacial score (nSPS) is 19.3. The van der Waals surface area contributed by atoms with Gasteiger partial charge in [-0.3, -0.25) is 0 Å². The SMILES string of the molecule is NCC1(Nc2cccc(O)c2)CCSCC1. The molecule has 0 radical (unpaired) electrons. The van der Waals surface area contributed by atoms with E-state index in [0.717, 1.165) is 30.0 Å². The molecule has 1 aromatic rings. The van der Waals surface area contributed by atoms with Crippen molar-refractivity contribution in [1.29, 1.82) is 0 Å². The van der Waals surface area contributed by atoms with E-state index in [4.69, 9.17) is 5.73 Å². The first-order chi connectivity index (χ1) is 7.74. The van der Waals surface area contributed by atoms with Gasteiger partial charge in [0, 0.05) is 18.3 Å². The molecule has 88 valence electrons. The second-order valence-electron chi connectivity index (χ2n) is 4.27. The van der Waals surface area contributed by atoms with Crippen molar-refractivity contribution in [2.75, 3.05) is 23.4 Å². The molecule has 0 amide bonds. The smallest absolute Gasteiger partial charge is 0.117 e. The van der Waals surface area contributed by atoms with Crippen molar-refractivity contribution in [2.24, 2.45) is 5.73 Å². The van der Waals surface area contributed by atoms with Crippen LogP contribution in [-0.4, -0.2) is 28.7 Å². The van der Waals surface area contributed by atoms with Crippen molar-refractivity contribution in [2.45, 2.75) is 18.4 Å². The molecular formula is C12H18N2OS. The van der Waals surface area contributed by atoms with Gasteiger partial charge in [-0.2, -0.15) is 11.8 Å². The Kier molecular flexibility index (Phi) is 3.61. The van der Waals surface area contributed by atoms with Crippen LogP contribution in [0.2, 0.25) is 0 Å². The van der Waals surface area contributed by atoms with Crippen LogP contribution in [0.3, 0.4) is 0 Å². The second kappa shape index (κ2) is 4.97. The Hall–Kier alpha value is -0.870. The van der Waals surface area contributed by atoms with E-state index in [0.29, 0.717) is 12.3 Å². The molecule has 4 heteroatoms. The van der Waals surface area contributed by atoms with Crippen molar-refractivity contribution in [3.05, 3.63) is 24.3 Å². The number of thioether (sulfide) groups is 1. The van der Waals surface area contributed by atoms with Crippen molar-refractivity contribution in [3.8, 4) is 5.75 Å². The molecule has 16 heavy (non-hydrogen) atoms. The minimum absolute atomic E-state index is 0.0129. The Morgan fingerprint density at radius 3 is 2.75 bits per heavy atom. The molecule has 1 heterocycles. The monoisotopic (exact) mass is 238 g/mol. The van der Waals surface area contributed by atoms with Crippen LogP contribution < -0.4 is 11.1 Å². The Morgan fingerprint density at radius 2 is 2.12 bits per heavy atom. The number of rotatable bonds is 3. The van der Waals surface area contributed by atoms with E-state index >= 15 is 0 Å². The number of anilines is 1. The van der Waals surface area contributed by atoms with Crippen LogP contribution in [0.15, 0.2) is 24.3 Å². The molecular weight excluding hydrogens is 220 g/mol. The van der Waals surface area contributed by atoms with E-state index < -0.39 is 0 Å². The minimum atomic E-state index is 0.0129. The number of hydrogen-bond donors (Lipinski definition) is 3. The third kappa shape index (κ3) is 2.62. The maximum absolute atomic E-state index is 9.42. The number of phenols is 1. The average Bonchev–Trinajstić information content (AvgIpc) is 2.30. The van der Waals surface area contributed by atoms with Crippen molar-refractivity contribution in [3.63, 3.8) is 0 Å². The van der Waals surface area contributed by atoms with Crippen LogP contribution in [0.25, 0.3) is 0 Å². The van der Waals surface area contributed by atoms with Gasteiger partial charge in [-0.1, -0.05) is 6.07 Å². The molecule has 1 aliphatic rings. The van der Waals surface area contributed by atoms with Crippen LogP contribution in [0, 0.1) is 0 Å². The molecule has 1 aliphatic heterocycles. The first-order valence-corrected chi connectivity index (χ1v) is 6.75. The van der Waals surface area contributed by atoms with Crippen LogP contribution in [0.1, 0.15) is 12.8 Å². The van der Waals surface area contributed by atoms with E-state index in [1.807, 2.05) is 23.9 Å². The number of benzene rings is 1. The van der Waals surface area contributed by atoms with Crippen LogP contribution >= 0.6 is 11.8 Å². The molecule has 0 atom stereocenters. The number of hydrogen-bond acceptors (Lipinski definition) is 4. The molecule has 1 saturated heterocycles. The van der Waals surface area contributed by atoms with Gasteiger partial charge in [0.2, 0.25) is 0 Å². The standard InChI is InChI=1S/C12H18N2OS/c13-9-12(4-6-16-7-5-12)14-10-2-1-3-11(15)8-10/h1-3,8,14-15H,4-7,9,13H2. The van der Waals surface area contributed by atoms with Crippen molar-refractivity contribution < 1.29 is 5.11 Å². The molecule has 0 aromatic heterocycles. The third-order valence-electron chi connectivity index (χ3n) is 3.10. The lowest BCUT2D eigenvalue weighted by molar-refractivity contribution is 0.442. The molecule has 0 aliphatic carbocycles. The molecule has 0 bridgehead atoms. The average molecular weight is 238 g/mol. The minimum Gasteiger partial charge on any atom is -0.508 e. The fraction of sp³-hybridized carbons (Fsp3) is 0.500. The van der Waals surface area contributed by atoms with Gasteiger partial charge >= 0.3 is 0 Å². The van der Waals surface area contributed by atoms with Gasteiger partial charge in [-0.25, -0.2) is 0 Å². The number of phenolic OH excluding ortho intramolecular Hbond substituents is 1. The third-order valence-corrected chi connectivity index (χ3v) is 4.08. The first kappa shape index (κ1) is 11.6. The van der Waals surface area contributed by atoms with E-state index in [-0.39, 0.29) is 5.54 Å². The molecule has 0 spiro atoms. The molecule has 4 N–H and O–H groups in total. The summed E-state index contributed by atoms with van der Waals surface area (Å²) in [5, 5.41) is 12.9. The highest BCUT2D eigenvalue weighted by atomic mass is 32.2. The fourth-order valence-electron chi connectivity index (χ4n) is 2.03. The van der Waals surface area contributed by atoms with Crippen LogP contribution in [0.5, 0.6) is 5.75 Å². The second-order valence-corrected chi connectivity index (χ2v) is 5.50. The zero-order valence-corrected chi connectivity index (χ0v) is 10.1. The Labute approximate surface area is 100 Å². The van der Waals surface area contributed by atoms with Gasteiger partial charge in [0.1, 0.15) is 5.75 Å². The lowest BCUT2D eigenvalue weighted by Crippen LogP contribution is -2.48. The van der Waals surface area contributed by atoms with E-state index in [1.165, 1.54) is 0 Å². The molecule has 2 rings (SSSR count). The Bertz CT molecular complexity index is 351. The van der Waals surface area contributed by atoms with Crippen molar-refractivity contribution in [1.82, 2.24) is 0 Å². The number of aromatic hydroxyl groups is 1. The largest absolute Gasteiger partial charge is 0.508 e. The molecule has 1 aromatic carbocycles. The lowest BCUT2D eigenvalue weighted by atomic mass is 9.92. The molecule has 0 saturated carbocycles. The summed E-state index contributed by atoms with van der Waals surface area (Å²) < 4.78 is 0. The summed E-state index contributed by atoms with van der Waals surface area (Å²) in [5.74, 6) is 2.61. The summed E-state index contributed by atoms with van der Waals surface area (Å²) in [4.78, 5) is 0. The van der Waals surface area contributed by atoms with Crippen molar-refractivity contribution >= 4 is 17.4 Å². The van der Waals surface area contributed by atoms with Gasteiger partial charge in [-0.05, 0) is 36.5 Å². The topological polar surface area (TPSA) is 58.3 Å². The number of nitrogens with one attached hydrogen (secondary N) is 1. The predicted octanol–water partition coefficient (Wildman–Crippen LogP) is 2.03. The van der Waals surface area contributed by atoms with Crippen LogP contribution in [-0.2, 0) is 0 Å². The summed E-state index contributed by atoms with van der Waals surface area (Å²) in [6.07, 6.45) is 2.17. The first-order valence-electron chi connectivity index (χ1n) is 5.59. The molecule has 1 fully saturated rings. The van der Waals surface area contributed by atoms with Gasteiger partial charge in [0.25, 0.3) is 0 Å².